The number of amides is 1. The van der Waals surface area contributed by atoms with Gasteiger partial charge in [0.2, 0.25) is 0 Å². The van der Waals surface area contributed by atoms with E-state index >= 15 is 0 Å². The summed E-state index contributed by atoms with van der Waals surface area (Å²) in [5.41, 5.74) is 0.859. The number of carbonyl (C=O) groups excluding carboxylic acids is 1. The van der Waals surface area contributed by atoms with Crippen molar-refractivity contribution in [1.29, 1.82) is 0 Å². The van der Waals surface area contributed by atoms with Crippen LogP contribution in [0.5, 0.6) is 0 Å². The molecular weight excluding hydrogens is 374 g/mol. The fourth-order valence-corrected chi connectivity index (χ4v) is 3.83. The highest BCUT2D eigenvalue weighted by molar-refractivity contribution is 7.92. The lowest BCUT2D eigenvalue weighted by atomic mass is 10.1. The zero-order valence-electron chi connectivity index (χ0n) is 14.2. The molecule has 140 valence electrons. The highest BCUT2D eigenvalue weighted by atomic mass is 35.5. The summed E-state index contributed by atoms with van der Waals surface area (Å²) in [7, 11) is -3.67. The van der Waals surface area contributed by atoms with Gasteiger partial charge in [-0.1, -0.05) is 24.3 Å². The highest BCUT2D eigenvalue weighted by Gasteiger charge is 2.18. The zero-order valence-corrected chi connectivity index (χ0v) is 15.9. The average Bonchev–Trinajstić information content (AvgIpc) is 2.91. The molecule has 0 bridgehead atoms. The van der Waals surface area contributed by atoms with Crippen molar-refractivity contribution in [3.8, 4) is 0 Å². The van der Waals surface area contributed by atoms with E-state index in [0.717, 1.165) is 19.5 Å². The monoisotopic (exact) mass is 395 g/mol. The minimum Gasteiger partial charge on any atom is -0.337 e. The lowest BCUT2D eigenvalue weighted by molar-refractivity contribution is 0.0766. The molecule has 0 spiro atoms. The second kappa shape index (κ2) is 9.02. The number of hydrogen-bond donors (Lipinski definition) is 2. The average molecular weight is 396 g/mol. The van der Waals surface area contributed by atoms with Gasteiger partial charge in [0, 0.05) is 30.9 Å². The van der Waals surface area contributed by atoms with Crippen molar-refractivity contribution in [1.82, 2.24) is 10.2 Å². The molecule has 0 saturated carbocycles. The Balaban J connectivity index is 0.00000243. The number of nitrogens with one attached hydrogen (secondary N) is 2. The van der Waals surface area contributed by atoms with E-state index in [0.29, 0.717) is 24.3 Å². The molecular formula is C18H22ClN3O3S. The van der Waals surface area contributed by atoms with E-state index in [1.165, 1.54) is 12.1 Å². The minimum atomic E-state index is -3.67. The van der Waals surface area contributed by atoms with Crippen molar-refractivity contribution in [3.05, 3.63) is 60.2 Å². The highest BCUT2D eigenvalue weighted by Crippen LogP contribution is 2.18. The van der Waals surface area contributed by atoms with Gasteiger partial charge < -0.3 is 10.2 Å². The molecule has 2 N–H and O–H groups in total. The summed E-state index contributed by atoms with van der Waals surface area (Å²) in [6, 6.07) is 14.8. The maximum Gasteiger partial charge on any atom is 0.261 e. The Labute approximate surface area is 160 Å². The fraction of sp³-hybridized carbons (Fsp3) is 0.278. The van der Waals surface area contributed by atoms with Crippen molar-refractivity contribution in [2.24, 2.45) is 0 Å². The minimum absolute atomic E-state index is 0. The molecule has 3 rings (SSSR count). The summed E-state index contributed by atoms with van der Waals surface area (Å²) in [6.07, 6.45) is 0.909. The van der Waals surface area contributed by atoms with Gasteiger partial charge in [-0.25, -0.2) is 8.42 Å². The van der Waals surface area contributed by atoms with Gasteiger partial charge in [0.15, 0.2) is 0 Å². The Morgan fingerprint density at radius 3 is 2.54 bits per heavy atom. The second-order valence-corrected chi connectivity index (χ2v) is 7.58. The molecule has 1 amide bonds. The molecule has 2 aromatic carbocycles. The number of carbonyl (C=O) groups is 1. The smallest absolute Gasteiger partial charge is 0.261 e. The first kappa shape index (κ1) is 20.2. The lowest BCUT2D eigenvalue weighted by Crippen LogP contribution is -2.34. The summed E-state index contributed by atoms with van der Waals surface area (Å²) in [4.78, 5) is 14.6. The summed E-state index contributed by atoms with van der Waals surface area (Å²) >= 11 is 0. The van der Waals surface area contributed by atoms with E-state index in [2.05, 4.69) is 10.0 Å². The quantitative estimate of drug-likeness (QED) is 0.832. The lowest BCUT2D eigenvalue weighted by Gasteiger charge is -2.20. The molecule has 0 aliphatic carbocycles. The molecule has 8 heteroatoms. The Bertz CT molecular complexity index is 836. The van der Waals surface area contributed by atoms with Gasteiger partial charge in [0.05, 0.1) is 4.90 Å². The number of benzene rings is 2. The molecule has 1 fully saturated rings. The third kappa shape index (κ3) is 4.97. The molecule has 0 atom stereocenters. The molecule has 6 nitrogen and oxygen atoms in total. The first-order valence-corrected chi connectivity index (χ1v) is 9.72. The summed E-state index contributed by atoms with van der Waals surface area (Å²) in [5, 5.41) is 3.26. The number of sulfonamides is 1. The largest absolute Gasteiger partial charge is 0.337 e. The predicted octanol–water partition coefficient (Wildman–Crippen LogP) is 2.34. The molecule has 0 radical (unpaired) electrons. The van der Waals surface area contributed by atoms with Crippen LogP contribution in [0.4, 0.5) is 5.69 Å². The molecule has 0 unspecified atom stereocenters. The topological polar surface area (TPSA) is 78.5 Å². The van der Waals surface area contributed by atoms with Crippen molar-refractivity contribution < 1.29 is 13.2 Å². The van der Waals surface area contributed by atoms with Crippen LogP contribution in [0.25, 0.3) is 0 Å². The first-order chi connectivity index (χ1) is 12.1. The van der Waals surface area contributed by atoms with Crippen LogP contribution in [0.3, 0.4) is 0 Å². The van der Waals surface area contributed by atoms with Crippen LogP contribution in [-0.4, -0.2) is 45.4 Å². The van der Waals surface area contributed by atoms with Crippen LogP contribution in [-0.2, 0) is 10.0 Å². The molecule has 0 aromatic heterocycles. The molecule has 2 aromatic rings. The van der Waals surface area contributed by atoms with Gasteiger partial charge in [0.25, 0.3) is 15.9 Å². The summed E-state index contributed by atoms with van der Waals surface area (Å²) < 4.78 is 27.4. The van der Waals surface area contributed by atoms with Gasteiger partial charge in [-0.3, -0.25) is 9.52 Å². The second-order valence-electron chi connectivity index (χ2n) is 5.90. The van der Waals surface area contributed by atoms with Gasteiger partial charge >= 0.3 is 0 Å². The van der Waals surface area contributed by atoms with Crippen molar-refractivity contribution >= 4 is 34.0 Å². The maximum atomic E-state index is 12.7. The first-order valence-electron chi connectivity index (χ1n) is 8.24. The molecule has 26 heavy (non-hydrogen) atoms. The van der Waals surface area contributed by atoms with Crippen LogP contribution in [0.15, 0.2) is 59.5 Å². The predicted molar refractivity (Wildman–Crippen MR) is 104 cm³/mol. The van der Waals surface area contributed by atoms with Crippen molar-refractivity contribution in [2.45, 2.75) is 11.3 Å². The van der Waals surface area contributed by atoms with Crippen molar-refractivity contribution in [2.75, 3.05) is 30.9 Å². The van der Waals surface area contributed by atoms with Crippen LogP contribution in [0, 0.1) is 0 Å². The van der Waals surface area contributed by atoms with E-state index in [-0.39, 0.29) is 23.2 Å². The van der Waals surface area contributed by atoms with Crippen LogP contribution < -0.4 is 10.0 Å². The number of halogens is 1. The van der Waals surface area contributed by atoms with Crippen molar-refractivity contribution in [3.63, 3.8) is 0 Å². The molecule has 1 saturated heterocycles. The standard InChI is InChI=1S/C18H21N3O3S.ClH/c22-18(21-12-5-10-19-11-13-21)15-6-4-7-16(14-15)20-25(23,24)17-8-2-1-3-9-17;/h1-4,6-9,14,19-20H,5,10-13H2;1H. The van der Waals surface area contributed by atoms with Crippen LogP contribution in [0.1, 0.15) is 16.8 Å². The van der Waals surface area contributed by atoms with E-state index < -0.39 is 10.0 Å². The Hall–Kier alpha value is -2.09. The van der Waals surface area contributed by atoms with Gasteiger partial charge in [0.1, 0.15) is 0 Å². The fourth-order valence-electron chi connectivity index (χ4n) is 2.76. The SMILES string of the molecule is Cl.O=C(c1cccc(NS(=O)(=O)c2ccccc2)c1)N1CCCNCC1. The van der Waals surface area contributed by atoms with E-state index in [1.54, 1.807) is 47.4 Å². The molecule has 1 aliphatic rings. The number of anilines is 1. The Morgan fingerprint density at radius 1 is 1.00 bits per heavy atom. The zero-order chi connectivity index (χ0) is 17.7. The van der Waals surface area contributed by atoms with Gasteiger partial charge in [-0.2, -0.15) is 0 Å². The van der Waals surface area contributed by atoms with E-state index in [4.69, 9.17) is 0 Å². The molecule has 1 aliphatic heterocycles. The third-order valence-corrected chi connectivity index (χ3v) is 5.44. The van der Waals surface area contributed by atoms with Gasteiger partial charge in [-0.05, 0) is 43.3 Å². The Morgan fingerprint density at radius 2 is 1.77 bits per heavy atom. The molecule has 1 heterocycles. The Kier molecular flexibility index (Phi) is 7.02. The van der Waals surface area contributed by atoms with E-state index in [9.17, 15) is 13.2 Å². The maximum absolute atomic E-state index is 12.7. The normalized spacial score (nSPS) is 14.8. The summed E-state index contributed by atoms with van der Waals surface area (Å²) in [6.45, 7) is 3.03. The van der Waals surface area contributed by atoms with Crippen LogP contribution >= 0.6 is 12.4 Å². The summed E-state index contributed by atoms with van der Waals surface area (Å²) in [5.74, 6) is -0.0792. The number of nitrogens with zero attached hydrogens (tertiary/aromatic N) is 1. The van der Waals surface area contributed by atoms with Crippen LogP contribution in [0.2, 0.25) is 0 Å². The third-order valence-electron chi connectivity index (χ3n) is 4.04. The van der Waals surface area contributed by atoms with E-state index in [1.807, 2.05) is 0 Å². The number of rotatable bonds is 4. The number of hydrogen-bond acceptors (Lipinski definition) is 4. The van der Waals surface area contributed by atoms with Gasteiger partial charge in [-0.15, -0.1) is 12.4 Å².